The maximum Gasteiger partial charge on any atom is 0.331 e. The Bertz CT molecular complexity index is 1560. The second-order valence-corrected chi connectivity index (χ2v) is 11.6. The van der Waals surface area contributed by atoms with E-state index in [9.17, 15) is 14.7 Å². The molecular formula is C30H36N8O3. The highest BCUT2D eigenvalue weighted by Gasteiger charge is 2.42. The molecule has 0 atom stereocenters. The van der Waals surface area contributed by atoms with Crippen molar-refractivity contribution < 1.29 is 14.7 Å². The maximum absolute atomic E-state index is 12.7. The number of benzene rings is 1. The normalized spacial score (nSPS) is 14.9. The third-order valence-corrected chi connectivity index (χ3v) is 7.62. The standard InChI is InChI=1S/C30H36N8O3/c1-20-14-21(8-9-22(20)15-32-26(39)23-16-33-37(18-23)29(2,3)4)25-10-13-31-28(36-25)35-24-17-34-38(19-24)30(27(40)41)11-6-5-7-12-30/h8-10,13-14,16-19H,5-7,11-12,15H2,1-4H3,(H,32,39)(H,40,41)(H,31,35,36). The number of aliphatic carboxylic acids is 1. The molecular weight excluding hydrogens is 520 g/mol. The van der Waals surface area contributed by atoms with E-state index in [1.165, 1.54) is 0 Å². The van der Waals surface area contributed by atoms with Crippen LogP contribution in [0.5, 0.6) is 0 Å². The lowest BCUT2D eigenvalue weighted by molar-refractivity contribution is -0.150. The minimum absolute atomic E-state index is 0.170. The summed E-state index contributed by atoms with van der Waals surface area (Å²) in [5.74, 6) is -0.628. The molecule has 1 aliphatic carbocycles. The molecule has 11 nitrogen and oxygen atoms in total. The van der Waals surface area contributed by atoms with Gasteiger partial charge in [-0.05, 0) is 63.8 Å². The van der Waals surface area contributed by atoms with Gasteiger partial charge in [-0.3, -0.25) is 14.2 Å². The number of nitrogens with zero attached hydrogens (tertiary/aromatic N) is 6. The van der Waals surface area contributed by atoms with Crippen molar-refractivity contribution in [1.29, 1.82) is 0 Å². The van der Waals surface area contributed by atoms with E-state index >= 15 is 0 Å². The van der Waals surface area contributed by atoms with Crippen molar-refractivity contribution in [3.05, 3.63) is 71.9 Å². The Morgan fingerprint density at radius 1 is 1.05 bits per heavy atom. The smallest absolute Gasteiger partial charge is 0.331 e. The molecule has 5 rings (SSSR count). The number of rotatable bonds is 8. The maximum atomic E-state index is 12.7. The molecule has 0 radical (unpaired) electrons. The Kier molecular flexibility index (Phi) is 7.61. The number of hydrogen-bond donors (Lipinski definition) is 3. The second kappa shape index (κ2) is 11.1. The largest absolute Gasteiger partial charge is 0.479 e. The molecule has 0 saturated heterocycles. The lowest BCUT2D eigenvalue weighted by Gasteiger charge is -2.33. The Morgan fingerprint density at radius 2 is 1.83 bits per heavy atom. The third-order valence-electron chi connectivity index (χ3n) is 7.62. The number of amides is 1. The molecule has 1 saturated carbocycles. The minimum Gasteiger partial charge on any atom is -0.479 e. The zero-order chi connectivity index (χ0) is 29.2. The number of hydrogen-bond acceptors (Lipinski definition) is 7. The number of carbonyl (C=O) groups is 2. The fourth-order valence-electron chi connectivity index (χ4n) is 5.15. The number of carbonyl (C=O) groups excluding carboxylic acids is 1. The highest BCUT2D eigenvalue weighted by atomic mass is 16.4. The summed E-state index contributed by atoms with van der Waals surface area (Å²) in [6, 6.07) is 7.82. The molecule has 11 heteroatoms. The van der Waals surface area contributed by atoms with Gasteiger partial charge in [0.2, 0.25) is 5.95 Å². The number of carboxylic acids is 1. The first-order valence-electron chi connectivity index (χ1n) is 13.9. The summed E-state index contributed by atoms with van der Waals surface area (Å²) in [6.45, 7) is 8.49. The van der Waals surface area contributed by atoms with Gasteiger partial charge in [0.25, 0.3) is 5.91 Å². The lowest BCUT2D eigenvalue weighted by Crippen LogP contribution is -2.43. The van der Waals surface area contributed by atoms with Crippen molar-refractivity contribution in [1.82, 2.24) is 34.8 Å². The first-order chi connectivity index (χ1) is 19.5. The fourth-order valence-corrected chi connectivity index (χ4v) is 5.15. The van der Waals surface area contributed by atoms with Crippen molar-refractivity contribution in [2.45, 2.75) is 77.4 Å². The predicted molar refractivity (Wildman–Crippen MR) is 155 cm³/mol. The highest BCUT2D eigenvalue weighted by molar-refractivity contribution is 5.93. The summed E-state index contributed by atoms with van der Waals surface area (Å²) < 4.78 is 3.35. The Balaban J connectivity index is 1.25. The van der Waals surface area contributed by atoms with E-state index in [-0.39, 0.29) is 11.4 Å². The van der Waals surface area contributed by atoms with Crippen molar-refractivity contribution in [2.75, 3.05) is 5.32 Å². The monoisotopic (exact) mass is 556 g/mol. The van der Waals surface area contributed by atoms with Crippen LogP contribution < -0.4 is 10.6 Å². The van der Waals surface area contributed by atoms with E-state index in [0.29, 0.717) is 36.6 Å². The summed E-state index contributed by atoms with van der Waals surface area (Å²) in [5, 5.41) is 24.8. The van der Waals surface area contributed by atoms with Crippen LogP contribution in [0.4, 0.5) is 11.6 Å². The lowest BCUT2D eigenvalue weighted by atomic mass is 9.82. The molecule has 0 unspecified atom stereocenters. The van der Waals surface area contributed by atoms with E-state index in [0.717, 1.165) is 41.6 Å². The molecule has 1 amide bonds. The molecule has 3 N–H and O–H groups in total. The Morgan fingerprint density at radius 3 is 2.51 bits per heavy atom. The van der Waals surface area contributed by atoms with Crippen LogP contribution in [0.3, 0.4) is 0 Å². The van der Waals surface area contributed by atoms with Crippen molar-refractivity contribution in [2.24, 2.45) is 0 Å². The van der Waals surface area contributed by atoms with Crippen molar-refractivity contribution >= 4 is 23.5 Å². The molecule has 1 aromatic carbocycles. The van der Waals surface area contributed by atoms with Gasteiger partial charge < -0.3 is 15.7 Å². The van der Waals surface area contributed by atoms with Gasteiger partial charge in [-0.2, -0.15) is 10.2 Å². The molecule has 3 heterocycles. The number of nitrogens with one attached hydrogen (secondary N) is 2. The van der Waals surface area contributed by atoms with Gasteiger partial charge >= 0.3 is 5.97 Å². The van der Waals surface area contributed by atoms with E-state index in [4.69, 9.17) is 0 Å². The number of aromatic nitrogens is 6. The van der Waals surface area contributed by atoms with Crippen LogP contribution in [0.1, 0.15) is 74.4 Å². The highest BCUT2D eigenvalue weighted by Crippen LogP contribution is 2.35. The van der Waals surface area contributed by atoms with Gasteiger partial charge in [-0.15, -0.1) is 0 Å². The summed E-state index contributed by atoms with van der Waals surface area (Å²) in [4.78, 5) is 33.8. The fraction of sp³-hybridized carbons (Fsp3) is 0.400. The number of carboxylic acid groups (broad SMARTS) is 1. The van der Waals surface area contributed by atoms with Gasteiger partial charge in [0.1, 0.15) is 0 Å². The Hall–Kier alpha value is -4.54. The van der Waals surface area contributed by atoms with Gasteiger partial charge in [-0.1, -0.05) is 31.4 Å². The molecule has 41 heavy (non-hydrogen) atoms. The molecule has 4 aromatic rings. The molecule has 0 aliphatic heterocycles. The summed E-state index contributed by atoms with van der Waals surface area (Å²) in [6.07, 6.45) is 12.3. The van der Waals surface area contributed by atoms with Crippen LogP contribution in [0.15, 0.2) is 55.2 Å². The first kappa shape index (κ1) is 28.0. The summed E-state index contributed by atoms with van der Waals surface area (Å²) in [7, 11) is 0. The summed E-state index contributed by atoms with van der Waals surface area (Å²) >= 11 is 0. The van der Waals surface area contributed by atoms with Crippen LogP contribution in [0.2, 0.25) is 0 Å². The SMILES string of the molecule is Cc1cc(-c2ccnc(Nc3cnn(C4(C(=O)O)CCCCC4)c3)n2)ccc1CNC(=O)c1cnn(C(C)(C)C)c1. The molecule has 1 fully saturated rings. The second-order valence-electron chi connectivity index (χ2n) is 11.6. The Labute approximate surface area is 239 Å². The quantitative estimate of drug-likeness (QED) is 0.275. The molecule has 214 valence electrons. The first-order valence-corrected chi connectivity index (χ1v) is 13.9. The summed E-state index contributed by atoms with van der Waals surface area (Å²) in [5.41, 5.74) is 3.63. The zero-order valence-corrected chi connectivity index (χ0v) is 23.9. The van der Waals surface area contributed by atoms with Crippen LogP contribution in [0, 0.1) is 6.92 Å². The molecule has 0 bridgehead atoms. The molecule has 1 aliphatic rings. The van der Waals surface area contributed by atoms with Gasteiger partial charge in [0.05, 0.1) is 34.9 Å². The van der Waals surface area contributed by atoms with Crippen LogP contribution >= 0.6 is 0 Å². The van der Waals surface area contributed by atoms with Crippen molar-refractivity contribution in [3.8, 4) is 11.3 Å². The third kappa shape index (κ3) is 5.98. The van der Waals surface area contributed by atoms with E-state index < -0.39 is 11.5 Å². The number of anilines is 2. The predicted octanol–water partition coefficient (Wildman–Crippen LogP) is 5.02. The van der Waals surface area contributed by atoms with Crippen LogP contribution in [0.25, 0.3) is 11.3 Å². The van der Waals surface area contributed by atoms with Gasteiger partial charge in [0.15, 0.2) is 5.54 Å². The van der Waals surface area contributed by atoms with E-state index in [1.807, 2.05) is 52.0 Å². The average molecular weight is 557 g/mol. The van der Waals surface area contributed by atoms with Crippen LogP contribution in [-0.2, 0) is 22.4 Å². The van der Waals surface area contributed by atoms with E-state index in [1.54, 1.807) is 40.3 Å². The van der Waals surface area contributed by atoms with Gasteiger partial charge in [-0.25, -0.2) is 14.8 Å². The molecule has 0 spiro atoms. The topological polar surface area (TPSA) is 140 Å². The molecule has 3 aromatic heterocycles. The number of aryl methyl sites for hydroxylation is 1. The van der Waals surface area contributed by atoms with Gasteiger partial charge in [0, 0.05) is 30.7 Å². The minimum atomic E-state index is -1.01. The van der Waals surface area contributed by atoms with Crippen LogP contribution in [-0.4, -0.2) is 46.5 Å². The average Bonchev–Trinajstić information content (AvgIpc) is 3.63. The zero-order valence-electron chi connectivity index (χ0n) is 23.9. The van der Waals surface area contributed by atoms with E-state index in [2.05, 4.69) is 30.8 Å². The van der Waals surface area contributed by atoms with Crippen molar-refractivity contribution in [3.63, 3.8) is 0 Å².